The Morgan fingerprint density at radius 2 is 2.22 bits per heavy atom. The summed E-state index contributed by atoms with van der Waals surface area (Å²) in [6.45, 7) is 5.97. The zero-order chi connectivity index (χ0) is 13.5. The number of likely N-dealkylation sites (N-methyl/N-ethyl adjacent to an activating group) is 1. The average molecular weight is 250 g/mol. The van der Waals surface area contributed by atoms with E-state index >= 15 is 0 Å². The van der Waals surface area contributed by atoms with E-state index in [1.807, 2.05) is 26.0 Å². The molecule has 2 N–H and O–H groups in total. The van der Waals surface area contributed by atoms with Crippen LogP contribution in [0.5, 0.6) is 5.75 Å². The fourth-order valence-electron chi connectivity index (χ4n) is 1.50. The lowest BCUT2D eigenvalue weighted by Gasteiger charge is -2.11. The molecule has 0 radical (unpaired) electrons. The number of oxime groups is 1. The maximum Gasteiger partial charge on any atom is 0.257 e. The van der Waals surface area contributed by atoms with Crippen LogP contribution < -0.4 is 10.1 Å². The lowest BCUT2D eigenvalue weighted by atomic mass is 10.1. The third-order valence-corrected chi connectivity index (χ3v) is 2.41. The van der Waals surface area contributed by atoms with E-state index in [2.05, 4.69) is 10.5 Å². The molecule has 1 aromatic rings. The molecule has 1 rings (SSSR count). The molecule has 18 heavy (non-hydrogen) atoms. The van der Waals surface area contributed by atoms with Crippen LogP contribution in [0.3, 0.4) is 0 Å². The molecule has 0 aliphatic heterocycles. The minimum Gasteiger partial charge on any atom is -0.483 e. The van der Waals surface area contributed by atoms with Crippen LogP contribution in [0.15, 0.2) is 23.4 Å². The molecule has 0 aromatic heterocycles. The van der Waals surface area contributed by atoms with Crippen molar-refractivity contribution in [2.45, 2.75) is 20.8 Å². The second-order valence-electron chi connectivity index (χ2n) is 3.93. The molecule has 0 spiro atoms. The van der Waals surface area contributed by atoms with E-state index in [1.54, 1.807) is 13.0 Å². The number of hydrogen-bond donors (Lipinski definition) is 2. The van der Waals surface area contributed by atoms with Gasteiger partial charge in [-0.05, 0) is 32.9 Å². The molecule has 0 aliphatic carbocycles. The molecule has 0 fully saturated rings. The maximum absolute atomic E-state index is 11.3. The van der Waals surface area contributed by atoms with Crippen molar-refractivity contribution in [3.05, 3.63) is 29.3 Å². The van der Waals surface area contributed by atoms with Gasteiger partial charge in [0.05, 0.1) is 5.71 Å². The Balaban J connectivity index is 2.85. The van der Waals surface area contributed by atoms with Crippen LogP contribution in [0.2, 0.25) is 0 Å². The summed E-state index contributed by atoms with van der Waals surface area (Å²) >= 11 is 0. The third kappa shape index (κ3) is 3.76. The smallest absolute Gasteiger partial charge is 0.257 e. The van der Waals surface area contributed by atoms with Crippen LogP contribution in [-0.4, -0.2) is 30.0 Å². The van der Waals surface area contributed by atoms with E-state index < -0.39 is 0 Å². The molecule has 1 aromatic carbocycles. The van der Waals surface area contributed by atoms with Gasteiger partial charge in [-0.25, -0.2) is 0 Å². The predicted molar refractivity (Wildman–Crippen MR) is 69.4 cm³/mol. The van der Waals surface area contributed by atoms with Crippen LogP contribution in [0.25, 0.3) is 0 Å². The van der Waals surface area contributed by atoms with Gasteiger partial charge in [-0.1, -0.05) is 16.8 Å². The average Bonchev–Trinajstić information content (AvgIpc) is 2.36. The molecule has 0 unspecified atom stereocenters. The SMILES string of the molecule is CCNC(=O)COc1ccc(C)cc1/C(C)=N/O. The summed E-state index contributed by atoms with van der Waals surface area (Å²) in [5.41, 5.74) is 2.16. The van der Waals surface area contributed by atoms with Crippen molar-refractivity contribution in [1.29, 1.82) is 0 Å². The summed E-state index contributed by atoms with van der Waals surface area (Å²) in [6.07, 6.45) is 0. The highest BCUT2D eigenvalue weighted by Crippen LogP contribution is 2.20. The number of ether oxygens (including phenoxy) is 1. The standard InChI is InChI=1S/C13H18N2O3/c1-4-14-13(16)8-18-12-6-5-9(2)7-11(12)10(3)15-17/h5-7,17H,4,8H2,1-3H3,(H,14,16)/b15-10+. The number of amides is 1. The summed E-state index contributed by atoms with van der Waals surface area (Å²) in [7, 11) is 0. The third-order valence-electron chi connectivity index (χ3n) is 2.41. The van der Waals surface area contributed by atoms with Gasteiger partial charge in [0.25, 0.3) is 5.91 Å². The lowest BCUT2D eigenvalue weighted by molar-refractivity contribution is -0.122. The van der Waals surface area contributed by atoms with Gasteiger partial charge in [-0.2, -0.15) is 0 Å². The van der Waals surface area contributed by atoms with Gasteiger partial charge in [0.2, 0.25) is 0 Å². The van der Waals surface area contributed by atoms with Gasteiger partial charge >= 0.3 is 0 Å². The molecule has 98 valence electrons. The molecule has 5 nitrogen and oxygen atoms in total. The second kappa shape index (κ2) is 6.64. The van der Waals surface area contributed by atoms with Crippen molar-refractivity contribution in [1.82, 2.24) is 5.32 Å². The largest absolute Gasteiger partial charge is 0.483 e. The number of carbonyl (C=O) groups is 1. The van der Waals surface area contributed by atoms with E-state index in [0.29, 0.717) is 23.6 Å². The number of carbonyl (C=O) groups excluding carboxylic acids is 1. The number of benzene rings is 1. The Morgan fingerprint density at radius 1 is 1.50 bits per heavy atom. The summed E-state index contributed by atoms with van der Waals surface area (Å²) in [5, 5.41) is 14.6. The van der Waals surface area contributed by atoms with E-state index in [-0.39, 0.29) is 12.5 Å². The van der Waals surface area contributed by atoms with Crippen LogP contribution in [0.1, 0.15) is 25.0 Å². The minimum atomic E-state index is -0.178. The topological polar surface area (TPSA) is 70.9 Å². The molecular weight excluding hydrogens is 232 g/mol. The van der Waals surface area contributed by atoms with Crippen molar-refractivity contribution in [2.75, 3.05) is 13.2 Å². The van der Waals surface area contributed by atoms with E-state index in [4.69, 9.17) is 9.94 Å². The zero-order valence-electron chi connectivity index (χ0n) is 10.9. The van der Waals surface area contributed by atoms with Gasteiger partial charge in [0.1, 0.15) is 5.75 Å². The molecule has 0 bridgehead atoms. The Bertz CT molecular complexity index is 456. The fraction of sp³-hybridized carbons (Fsp3) is 0.385. The second-order valence-corrected chi connectivity index (χ2v) is 3.93. The van der Waals surface area contributed by atoms with Crippen LogP contribution in [0, 0.1) is 6.92 Å². The Kier molecular flexibility index (Phi) is 5.17. The molecule has 0 aliphatic rings. The Morgan fingerprint density at radius 3 is 2.83 bits per heavy atom. The first-order valence-corrected chi connectivity index (χ1v) is 5.77. The van der Waals surface area contributed by atoms with Crippen molar-refractivity contribution in [3.8, 4) is 5.75 Å². The molecule has 1 amide bonds. The number of rotatable bonds is 5. The van der Waals surface area contributed by atoms with Gasteiger partial charge in [-0.3, -0.25) is 4.79 Å². The molecular formula is C13H18N2O3. The molecule has 0 saturated heterocycles. The highest BCUT2D eigenvalue weighted by Gasteiger charge is 2.09. The number of nitrogens with zero attached hydrogens (tertiary/aromatic N) is 1. The highest BCUT2D eigenvalue weighted by molar-refractivity contribution is 6.01. The van der Waals surface area contributed by atoms with Crippen molar-refractivity contribution in [2.24, 2.45) is 5.16 Å². The van der Waals surface area contributed by atoms with Crippen LogP contribution in [0.4, 0.5) is 0 Å². The van der Waals surface area contributed by atoms with E-state index in [9.17, 15) is 4.79 Å². The normalized spacial score (nSPS) is 11.2. The number of nitrogens with one attached hydrogen (secondary N) is 1. The number of hydrogen-bond acceptors (Lipinski definition) is 4. The minimum absolute atomic E-state index is 0.0530. The quantitative estimate of drug-likeness (QED) is 0.475. The first-order chi connectivity index (χ1) is 8.58. The summed E-state index contributed by atoms with van der Waals surface area (Å²) in [4.78, 5) is 11.3. The zero-order valence-corrected chi connectivity index (χ0v) is 10.9. The molecule has 0 heterocycles. The maximum atomic E-state index is 11.3. The monoisotopic (exact) mass is 250 g/mol. The van der Waals surface area contributed by atoms with E-state index in [0.717, 1.165) is 5.56 Å². The molecule has 0 atom stereocenters. The first kappa shape index (κ1) is 14.0. The lowest BCUT2D eigenvalue weighted by Crippen LogP contribution is -2.28. The van der Waals surface area contributed by atoms with Gasteiger partial charge in [-0.15, -0.1) is 0 Å². The van der Waals surface area contributed by atoms with Crippen molar-refractivity contribution >= 4 is 11.6 Å². The highest BCUT2D eigenvalue weighted by atomic mass is 16.5. The predicted octanol–water partition coefficient (Wildman–Crippen LogP) is 1.71. The van der Waals surface area contributed by atoms with Gasteiger partial charge < -0.3 is 15.3 Å². The van der Waals surface area contributed by atoms with Crippen LogP contribution >= 0.6 is 0 Å². The summed E-state index contributed by atoms with van der Waals surface area (Å²) in [5.74, 6) is 0.352. The van der Waals surface area contributed by atoms with Crippen LogP contribution in [-0.2, 0) is 4.79 Å². The van der Waals surface area contributed by atoms with Crippen molar-refractivity contribution in [3.63, 3.8) is 0 Å². The first-order valence-electron chi connectivity index (χ1n) is 5.77. The Labute approximate surface area is 106 Å². The summed E-state index contributed by atoms with van der Waals surface area (Å²) < 4.78 is 5.43. The van der Waals surface area contributed by atoms with E-state index in [1.165, 1.54) is 0 Å². The van der Waals surface area contributed by atoms with Crippen molar-refractivity contribution < 1.29 is 14.7 Å². The number of aryl methyl sites for hydroxylation is 1. The van der Waals surface area contributed by atoms with Gasteiger partial charge in [0.15, 0.2) is 6.61 Å². The summed E-state index contributed by atoms with van der Waals surface area (Å²) in [6, 6.07) is 5.49. The van der Waals surface area contributed by atoms with Gasteiger partial charge in [0, 0.05) is 12.1 Å². The molecule has 5 heteroatoms. The fourth-order valence-corrected chi connectivity index (χ4v) is 1.50. The Hall–Kier alpha value is -2.04. The molecule has 0 saturated carbocycles.